The molecule has 0 unspecified atom stereocenters. The first-order valence-corrected chi connectivity index (χ1v) is 7.61. The van der Waals surface area contributed by atoms with Crippen molar-refractivity contribution in [1.29, 1.82) is 0 Å². The standard InChI is InChI=1S/C15H12FN3O2S/c16-12-4-2-1-3-11(12)15-19(13(20)9-22-15)18-14(21)10-5-7-17-8-6-10/h1-8,15H,9H2,(H,18,21)/t15-/m0/s1. The van der Waals surface area contributed by atoms with Crippen molar-refractivity contribution in [2.75, 3.05) is 5.75 Å². The van der Waals surface area contributed by atoms with Gasteiger partial charge in [-0.05, 0) is 18.2 Å². The lowest BCUT2D eigenvalue weighted by atomic mass is 10.2. The number of carbonyl (C=O) groups is 2. The number of hydrazine groups is 1. The molecule has 1 fully saturated rings. The summed E-state index contributed by atoms with van der Waals surface area (Å²) in [5.41, 5.74) is 3.30. The molecule has 2 heterocycles. The Kier molecular flexibility index (Phi) is 4.06. The third kappa shape index (κ3) is 2.80. The maximum Gasteiger partial charge on any atom is 0.270 e. The molecule has 22 heavy (non-hydrogen) atoms. The van der Waals surface area contributed by atoms with E-state index in [1.54, 1.807) is 30.3 Å². The van der Waals surface area contributed by atoms with E-state index in [1.807, 2.05) is 0 Å². The van der Waals surface area contributed by atoms with Crippen molar-refractivity contribution in [2.45, 2.75) is 5.37 Å². The van der Waals surface area contributed by atoms with Crippen LogP contribution in [0.3, 0.4) is 0 Å². The lowest BCUT2D eigenvalue weighted by molar-refractivity contribution is -0.130. The Labute approximate surface area is 130 Å². The summed E-state index contributed by atoms with van der Waals surface area (Å²) in [5.74, 6) is -0.909. The van der Waals surface area contributed by atoms with Crippen molar-refractivity contribution in [1.82, 2.24) is 15.4 Å². The van der Waals surface area contributed by atoms with Gasteiger partial charge in [0, 0.05) is 23.5 Å². The van der Waals surface area contributed by atoms with Crippen LogP contribution in [0.2, 0.25) is 0 Å². The normalized spacial score (nSPS) is 17.6. The van der Waals surface area contributed by atoms with Crippen LogP contribution in [0, 0.1) is 5.82 Å². The van der Waals surface area contributed by atoms with Crippen LogP contribution < -0.4 is 5.43 Å². The van der Waals surface area contributed by atoms with Gasteiger partial charge in [0.2, 0.25) is 0 Å². The maximum absolute atomic E-state index is 13.9. The second-order valence-corrected chi connectivity index (χ2v) is 5.69. The molecule has 1 atom stereocenters. The molecule has 1 saturated heterocycles. The number of carbonyl (C=O) groups excluding carboxylic acids is 2. The van der Waals surface area contributed by atoms with Crippen molar-refractivity contribution in [3.8, 4) is 0 Å². The zero-order chi connectivity index (χ0) is 15.5. The second kappa shape index (κ2) is 6.15. The van der Waals surface area contributed by atoms with Gasteiger partial charge >= 0.3 is 0 Å². The smallest absolute Gasteiger partial charge is 0.270 e. The fraction of sp³-hybridized carbons (Fsp3) is 0.133. The van der Waals surface area contributed by atoms with E-state index >= 15 is 0 Å². The number of hydrogen-bond acceptors (Lipinski definition) is 4. The lowest BCUT2D eigenvalue weighted by Gasteiger charge is -2.24. The minimum atomic E-state index is -0.570. The van der Waals surface area contributed by atoms with Gasteiger partial charge in [-0.2, -0.15) is 0 Å². The Morgan fingerprint density at radius 1 is 1.27 bits per heavy atom. The van der Waals surface area contributed by atoms with Crippen LogP contribution in [0.15, 0.2) is 48.8 Å². The van der Waals surface area contributed by atoms with Gasteiger partial charge in [-0.3, -0.25) is 20.0 Å². The fourth-order valence-electron chi connectivity index (χ4n) is 2.13. The Balaban J connectivity index is 1.83. The Hall–Kier alpha value is -2.41. The Morgan fingerprint density at radius 3 is 2.73 bits per heavy atom. The monoisotopic (exact) mass is 317 g/mol. The molecule has 3 rings (SSSR count). The molecule has 1 aliphatic heterocycles. The first kappa shape index (κ1) is 14.5. The van der Waals surface area contributed by atoms with Gasteiger partial charge in [0.25, 0.3) is 11.8 Å². The molecule has 2 aromatic rings. The summed E-state index contributed by atoms with van der Waals surface area (Å²) in [7, 11) is 0. The number of benzene rings is 1. The highest BCUT2D eigenvalue weighted by molar-refractivity contribution is 8.00. The molecule has 0 aliphatic carbocycles. The fourth-order valence-corrected chi connectivity index (χ4v) is 3.26. The van der Waals surface area contributed by atoms with Crippen molar-refractivity contribution in [3.63, 3.8) is 0 Å². The number of rotatable bonds is 3. The third-order valence-electron chi connectivity index (χ3n) is 3.20. The highest BCUT2D eigenvalue weighted by Crippen LogP contribution is 2.38. The molecule has 0 radical (unpaired) electrons. The van der Waals surface area contributed by atoms with Gasteiger partial charge in [-0.25, -0.2) is 9.40 Å². The molecular weight excluding hydrogens is 305 g/mol. The predicted molar refractivity (Wildman–Crippen MR) is 80.1 cm³/mol. The zero-order valence-electron chi connectivity index (χ0n) is 11.4. The number of thioether (sulfide) groups is 1. The van der Waals surface area contributed by atoms with Gasteiger partial charge in [-0.1, -0.05) is 18.2 Å². The van der Waals surface area contributed by atoms with Crippen LogP contribution in [-0.4, -0.2) is 27.6 Å². The topological polar surface area (TPSA) is 62.3 Å². The van der Waals surface area contributed by atoms with E-state index in [4.69, 9.17) is 0 Å². The van der Waals surface area contributed by atoms with Crippen LogP contribution >= 0.6 is 11.8 Å². The highest BCUT2D eigenvalue weighted by Gasteiger charge is 2.35. The number of pyridine rings is 1. The summed E-state index contributed by atoms with van der Waals surface area (Å²) < 4.78 is 13.9. The number of halogens is 1. The third-order valence-corrected chi connectivity index (χ3v) is 4.40. The summed E-state index contributed by atoms with van der Waals surface area (Å²) in [6.07, 6.45) is 2.98. The molecule has 2 amide bonds. The van der Waals surface area contributed by atoms with Gasteiger partial charge in [0.15, 0.2) is 0 Å². The van der Waals surface area contributed by atoms with E-state index in [9.17, 15) is 14.0 Å². The largest absolute Gasteiger partial charge is 0.272 e. The summed E-state index contributed by atoms with van der Waals surface area (Å²) in [4.78, 5) is 28.0. The molecule has 7 heteroatoms. The number of nitrogens with one attached hydrogen (secondary N) is 1. The van der Waals surface area contributed by atoms with Gasteiger partial charge in [-0.15, -0.1) is 11.8 Å². The van der Waals surface area contributed by atoms with Crippen molar-refractivity contribution in [3.05, 3.63) is 65.7 Å². The predicted octanol–water partition coefficient (Wildman–Crippen LogP) is 2.14. The van der Waals surface area contributed by atoms with Gasteiger partial charge in [0.1, 0.15) is 11.2 Å². The van der Waals surface area contributed by atoms with E-state index < -0.39 is 17.1 Å². The van der Waals surface area contributed by atoms with Crippen molar-refractivity contribution < 1.29 is 14.0 Å². The Bertz CT molecular complexity index is 711. The first-order chi connectivity index (χ1) is 10.7. The summed E-state index contributed by atoms with van der Waals surface area (Å²) in [6.45, 7) is 0. The van der Waals surface area contributed by atoms with E-state index in [0.717, 1.165) is 0 Å². The molecule has 0 bridgehead atoms. The zero-order valence-corrected chi connectivity index (χ0v) is 12.2. The molecule has 1 aromatic heterocycles. The Morgan fingerprint density at radius 2 is 2.00 bits per heavy atom. The molecule has 0 saturated carbocycles. The number of nitrogens with zero attached hydrogens (tertiary/aromatic N) is 2. The van der Waals surface area contributed by atoms with E-state index in [0.29, 0.717) is 11.1 Å². The minimum absolute atomic E-state index is 0.190. The summed E-state index contributed by atoms with van der Waals surface area (Å²) >= 11 is 1.27. The molecule has 1 aromatic carbocycles. The highest BCUT2D eigenvalue weighted by atomic mass is 32.2. The molecule has 5 nitrogen and oxygen atoms in total. The molecule has 1 aliphatic rings. The van der Waals surface area contributed by atoms with Crippen molar-refractivity contribution >= 4 is 23.6 Å². The van der Waals surface area contributed by atoms with Gasteiger partial charge in [0.05, 0.1) is 5.75 Å². The van der Waals surface area contributed by atoms with E-state index in [2.05, 4.69) is 10.4 Å². The van der Waals surface area contributed by atoms with Crippen molar-refractivity contribution in [2.24, 2.45) is 0 Å². The summed E-state index contributed by atoms with van der Waals surface area (Å²) in [6, 6.07) is 9.31. The average Bonchev–Trinajstić information content (AvgIpc) is 2.90. The van der Waals surface area contributed by atoms with Crippen LogP contribution in [0.4, 0.5) is 4.39 Å². The van der Waals surface area contributed by atoms with Crippen LogP contribution in [-0.2, 0) is 4.79 Å². The quantitative estimate of drug-likeness (QED) is 0.942. The first-order valence-electron chi connectivity index (χ1n) is 6.56. The molecule has 0 spiro atoms. The SMILES string of the molecule is O=C(NN1C(=O)CS[C@H]1c1ccccc1F)c1ccncc1. The summed E-state index contributed by atoms with van der Waals surface area (Å²) in [5, 5.41) is 0.616. The molecular formula is C15H12FN3O2S. The van der Waals surface area contributed by atoms with Crippen LogP contribution in [0.25, 0.3) is 0 Å². The second-order valence-electron chi connectivity index (χ2n) is 4.63. The minimum Gasteiger partial charge on any atom is -0.272 e. The van der Waals surface area contributed by atoms with E-state index in [-0.39, 0.29) is 11.7 Å². The number of amides is 2. The maximum atomic E-state index is 13.9. The van der Waals surface area contributed by atoms with Crippen LogP contribution in [0.1, 0.15) is 21.3 Å². The molecule has 1 N–H and O–H groups in total. The lowest BCUT2D eigenvalue weighted by Crippen LogP contribution is -2.44. The number of aromatic nitrogens is 1. The van der Waals surface area contributed by atoms with Crippen LogP contribution in [0.5, 0.6) is 0 Å². The van der Waals surface area contributed by atoms with Gasteiger partial charge < -0.3 is 0 Å². The molecule has 112 valence electrons. The number of hydrogen-bond donors (Lipinski definition) is 1. The average molecular weight is 317 g/mol. The van der Waals surface area contributed by atoms with E-state index in [1.165, 1.54) is 35.2 Å².